The summed E-state index contributed by atoms with van der Waals surface area (Å²) < 4.78 is 5.56. The van der Waals surface area contributed by atoms with Gasteiger partial charge in [-0.3, -0.25) is 4.79 Å². The first-order chi connectivity index (χ1) is 13.1. The Kier molecular flexibility index (Phi) is 6.85. The van der Waals surface area contributed by atoms with Crippen LogP contribution in [-0.4, -0.2) is 52.3 Å². The van der Waals surface area contributed by atoms with Crippen molar-refractivity contribution in [3.8, 4) is 5.75 Å². The molecule has 2 aromatic rings. The Labute approximate surface area is 161 Å². The number of piperazine rings is 1. The van der Waals surface area contributed by atoms with Gasteiger partial charge >= 0.3 is 0 Å². The Hall–Kier alpha value is -2.37. The van der Waals surface area contributed by atoms with Gasteiger partial charge in [0.2, 0.25) is 0 Å². The molecule has 1 fully saturated rings. The SMILES string of the molecule is Cc1ccc([C@H](CNC(=O)COc2ccccc2)[NH+]2CC[NH+](C)CC2)cc1. The summed E-state index contributed by atoms with van der Waals surface area (Å²) in [5.41, 5.74) is 2.55. The van der Waals surface area contributed by atoms with Gasteiger partial charge in [0.1, 0.15) is 38.0 Å². The van der Waals surface area contributed by atoms with Crippen LogP contribution in [0.4, 0.5) is 0 Å². The van der Waals surface area contributed by atoms with Crippen molar-refractivity contribution in [3.63, 3.8) is 0 Å². The fourth-order valence-corrected chi connectivity index (χ4v) is 3.58. The van der Waals surface area contributed by atoms with Gasteiger partial charge in [-0.1, -0.05) is 48.0 Å². The number of nitrogens with one attached hydrogen (secondary N) is 3. The Bertz CT molecular complexity index is 710. The average molecular weight is 370 g/mol. The summed E-state index contributed by atoms with van der Waals surface area (Å²) in [7, 11) is 2.25. The first-order valence-electron chi connectivity index (χ1n) is 9.79. The van der Waals surface area contributed by atoms with Gasteiger partial charge in [-0.15, -0.1) is 0 Å². The largest absolute Gasteiger partial charge is 0.484 e. The van der Waals surface area contributed by atoms with Crippen molar-refractivity contribution < 1.29 is 19.3 Å². The Morgan fingerprint density at radius 3 is 2.37 bits per heavy atom. The standard InChI is InChI=1S/C22H29N3O2/c1-18-8-10-19(11-9-18)21(25-14-12-24(2)13-15-25)16-23-22(26)17-27-20-6-4-3-5-7-20/h3-11,21H,12-17H2,1-2H3,(H,23,26)/p+2/t21-/m0/s1. The Balaban J connectivity index is 1.59. The molecule has 3 N–H and O–H groups in total. The van der Waals surface area contributed by atoms with Gasteiger partial charge in [-0.25, -0.2) is 0 Å². The molecule has 144 valence electrons. The molecule has 0 aromatic heterocycles. The maximum Gasteiger partial charge on any atom is 0.258 e. The zero-order valence-electron chi connectivity index (χ0n) is 16.3. The van der Waals surface area contributed by atoms with Gasteiger partial charge in [0, 0.05) is 5.56 Å². The van der Waals surface area contributed by atoms with Crippen LogP contribution in [0.5, 0.6) is 5.75 Å². The van der Waals surface area contributed by atoms with Gasteiger partial charge < -0.3 is 19.9 Å². The molecule has 1 aliphatic rings. The summed E-state index contributed by atoms with van der Waals surface area (Å²) in [6.07, 6.45) is 0. The molecule has 1 amide bonds. The minimum atomic E-state index is -0.0740. The molecule has 1 saturated heterocycles. The second kappa shape index (κ2) is 9.53. The predicted molar refractivity (Wildman–Crippen MR) is 106 cm³/mol. The minimum absolute atomic E-state index is 0.0485. The number of benzene rings is 2. The summed E-state index contributed by atoms with van der Waals surface area (Å²) in [5, 5.41) is 3.08. The lowest BCUT2D eigenvalue weighted by Crippen LogP contribution is -3.27. The zero-order chi connectivity index (χ0) is 19.1. The van der Waals surface area contributed by atoms with Crippen LogP contribution >= 0.6 is 0 Å². The number of amides is 1. The lowest BCUT2D eigenvalue weighted by atomic mass is 10.0. The molecule has 0 bridgehead atoms. The molecule has 0 aliphatic carbocycles. The van der Waals surface area contributed by atoms with Crippen LogP contribution in [0.2, 0.25) is 0 Å². The highest BCUT2D eigenvalue weighted by Gasteiger charge is 2.29. The second-order valence-corrected chi connectivity index (χ2v) is 7.48. The van der Waals surface area contributed by atoms with Gasteiger partial charge in [0.05, 0.1) is 13.6 Å². The van der Waals surface area contributed by atoms with Crippen LogP contribution in [0.3, 0.4) is 0 Å². The highest BCUT2D eigenvalue weighted by atomic mass is 16.5. The maximum atomic E-state index is 12.3. The summed E-state index contributed by atoms with van der Waals surface area (Å²) in [4.78, 5) is 15.4. The number of rotatable bonds is 7. The van der Waals surface area contributed by atoms with E-state index in [1.54, 1.807) is 9.80 Å². The monoisotopic (exact) mass is 369 g/mol. The Morgan fingerprint density at radius 2 is 1.70 bits per heavy atom. The van der Waals surface area contributed by atoms with Crippen molar-refractivity contribution in [2.24, 2.45) is 0 Å². The number of para-hydroxylation sites is 1. The van der Waals surface area contributed by atoms with E-state index in [1.807, 2.05) is 30.3 Å². The number of carbonyl (C=O) groups is 1. The fraction of sp³-hybridized carbons (Fsp3) is 0.409. The van der Waals surface area contributed by atoms with Crippen LogP contribution < -0.4 is 19.9 Å². The van der Waals surface area contributed by atoms with E-state index in [9.17, 15) is 4.79 Å². The molecule has 0 unspecified atom stereocenters. The molecule has 1 heterocycles. The van der Waals surface area contributed by atoms with Crippen molar-refractivity contribution in [1.29, 1.82) is 0 Å². The van der Waals surface area contributed by atoms with Crippen molar-refractivity contribution >= 4 is 5.91 Å². The molecule has 5 nitrogen and oxygen atoms in total. The van der Waals surface area contributed by atoms with Gasteiger partial charge in [0.25, 0.3) is 5.91 Å². The van der Waals surface area contributed by atoms with Crippen LogP contribution in [0, 0.1) is 6.92 Å². The zero-order valence-corrected chi connectivity index (χ0v) is 16.3. The fourth-order valence-electron chi connectivity index (χ4n) is 3.58. The van der Waals surface area contributed by atoms with Crippen LogP contribution in [-0.2, 0) is 4.79 Å². The van der Waals surface area contributed by atoms with E-state index in [4.69, 9.17) is 4.74 Å². The second-order valence-electron chi connectivity index (χ2n) is 7.48. The van der Waals surface area contributed by atoms with E-state index in [2.05, 4.69) is 43.6 Å². The first-order valence-corrected chi connectivity index (χ1v) is 9.79. The number of carbonyl (C=O) groups excluding carboxylic acids is 1. The number of hydrogen-bond acceptors (Lipinski definition) is 2. The summed E-state index contributed by atoms with van der Waals surface area (Å²) in [6, 6.07) is 18.4. The molecule has 1 aliphatic heterocycles. The smallest absolute Gasteiger partial charge is 0.258 e. The number of ether oxygens (including phenoxy) is 1. The van der Waals surface area contributed by atoms with E-state index in [0.717, 1.165) is 18.8 Å². The van der Waals surface area contributed by atoms with E-state index >= 15 is 0 Å². The van der Waals surface area contributed by atoms with Crippen LogP contribution in [0.1, 0.15) is 17.2 Å². The summed E-state index contributed by atoms with van der Waals surface area (Å²) >= 11 is 0. The van der Waals surface area contributed by atoms with Crippen molar-refractivity contribution in [2.75, 3.05) is 46.4 Å². The average Bonchev–Trinajstić information content (AvgIpc) is 2.70. The lowest BCUT2D eigenvalue weighted by molar-refractivity contribution is -1.02. The minimum Gasteiger partial charge on any atom is -0.484 e. The number of aryl methyl sites for hydroxylation is 1. The maximum absolute atomic E-state index is 12.3. The summed E-state index contributed by atoms with van der Waals surface area (Å²) in [5.74, 6) is 0.644. The molecular formula is C22H31N3O2+2. The third-order valence-electron chi connectivity index (χ3n) is 5.33. The van der Waals surface area contributed by atoms with E-state index in [1.165, 1.54) is 24.2 Å². The highest BCUT2D eigenvalue weighted by Crippen LogP contribution is 2.11. The molecule has 0 saturated carbocycles. The molecule has 3 rings (SSSR count). The van der Waals surface area contributed by atoms with Crippen molar-refractivity contribution in [2.45, 2.75) is 13.0 Å². The van der Waals surface area contributed by atoms with Crippen LogP contribution in [0.15, 0.2) is 54.6 Å². The first kappa shape index (κ1) is 19.4. The summed E-state index contributed by atoms with van der Waals surface area (Å²) in [6.45, 7) is 7.38. The normalized spacial score (nSPS) is 20.7. The number of quaternary nitrogens is 2. The molecule has 5 heteroatoms. The third-order valence-corrected chi connectivity index (χ3v) is 5.33. The Morgan fingerprint density at radius 1 is 1.04 bits per heavy atom. The highest BCUT2D eigenvalue weighted by molar-refractivity contribution is 5.77. The van der Waals surface area contributed by atoms with E-state index in [0.29, 0.717) is 6.54 Å². The molecule has 1 atom stereocenters. The molecule has 0 radical (unpaired) electrons. The number of hydrogen-bond donors (Lipinski definition) is 3. The predicted octanol–water partition coefficient (Wildman–Crippen LogP) is -0.355. The van der Waals surface area contributed by atoms with Crippen molar-refractivity contribution in [1.82, 2.24) is 5.32 Å². The molecule has 27 heavy (non-hydrogen) atoms. The van der Waals surface area contributed by atoms with E-state index in [-0.39, 0.29) is 18.6 Å². The molecule has 2 aromatic carbocycles. The number of likely N-dealkylation sites (N-methyl/N-ethyl adjacent to an activating group) is 1. The van der Waals surface area contributed by atoms with Gasteiger partial charge in [0.15, 0.2) is 6.61 Å². The molecule has 0 spiro atoms. The van der Waals surface area contributed by atoms with E-state index < -0.39 is 0 Å². The van der Waals surface area contributed by atoms with Gasteiger partial charge in [-0.05, 0) is 19.1 Å². The van der Waals surface area contributed by atoms with Crippen LogP contribution in [0.25, 0.3) is 0 Å². The topological polar surface area (TPSA) is 47.2 Å². The lowest BCUT2D eigenvalue weighted by Gasteiger charge is -2.33. The van der Waals surface area contributed by atoms with Gasteiger partial charge in [-0.2, -0.15) is 0 Å². The van der Waals surface area contributed by atoms with Crippen molar-refractivity contribution in [3.05, 3.63) is 65.7 Å². The quantitative estimate of drug-likeness (QED) is 0.625. The molecular weight excluding hydrogens is 338 g/mol. The third kappa shape index (κ3) is 5.81.